The number of amides is 1. The van der Waals surface area contributed by atoms with E-state index >= 15 is 0 Å². The van der Waals surface area contributed by atoms with Crippen LogP contribution in [0.5, 0.6) is 0 Å². The van der Waals surface area contributed by atoms with E-state index in [1.807, 2.05) is 0 Å². The Morgan fingerprint density at radius 3 is 2.60 bits per heavy atom. The lowest BCUT2D eigenvalue weighted by atomic mass is 10.2. The molecule has 0 radical (unpaired) electrons. The molecule has 0 bridgehead atoms. The van der Waals surface area contributed by atoms with Crippen molar-refractivity contribution >= 4 is 26.8 Å². The van der Waals surface area contributed by atoms with E-state index in [1.54, 1.807) is 60.2 Å². The minimum absolute atomic E-state index is 0.104. The number of carbonyl (C=O) groups is 1. The Morgan fingerprint density at radius 1 is 1.13 bits per heavy atom. The number of benzene rings is 2. The SMILES string of the molecule is C[C@H](C(=O)NCc1ccccc1F)n1ccc2cc(S(=O)(=O)N3CCCC3)ccc21. The van der Waals surface area contributed by atoms with Crippen LogP contribution in [0.4, 0.5) is 4.39 Å². The molecule has 158 valence electrons. The normalized spacial score (nSPS) is 16.1. The third kappa shape index (κ3) is 3.85. The topological polar surface area (TPSA) is 71.4 Å². The number of fused-ring (bicyclic) bond motifs is 1. The average Bonchev–Trinajstić information content (AvgIpc) is 3.42. The fraction of sp³-hybridized carbons (Fsp3) is 0.318. The number of hydrogen-bond donors (Lipinski definition) is 1. The first-order valence-electron chi connectivity index (χ1n) is 10.00. The summed E-state index contributed by atoms with van der Waals surface area (Å²) in [5.41, 5.74) is 1.19. The predicted octanol–water partition coefficient (Wildman–Crippen LogP) is 3.44. The van der Waals surface area contributed by atoms with E-state index in [9.17, 15) is 17.6 Å². The molecule has 2 aromatic carbocycles. The van der Waals surface area contributed by atoms with Crippen LogP contribution < -0.4 is 5.32 Å². The van der Waals surface area contributed by atoms with Gasteiger partial charge in [0.15, 0.2) is 0 Å². The number of hydrogen-bond acceptors (Lipinski definition) is 3. The molecule has 4 rings (SSSR count). The first kappa shape index (κ1) is 20.6. The zero-order chi connectivity index (χ0) is 21.3. The predicted molar refractivity (Wildman–Crippen MR) is 113 cm³/mol. The highest BCUT2D eigenvalue weighted by molar-refractivity contribution is 7.89. The summed E-state index contributed by atoms with van der Waals surface area (Å²) in [4.78, 5) is 12.9. The Kier molecular flexibility index (Phi) is 5.62. The van der Waals surface area contributed by atoms with Gasteiger partial charge in [-0.15, -0.1) is 0 Å². The molecular weight excluding hydrogens is 405 g/mol. The molecule has 1 atom stereocenters. The summed E-state index contributed by atoms with van der Waals surface area (Å²) >= 11 is 0. The van der Waals surface area contributed by atoms with Crippen molar-refractivity contribution in [1.82, 2.24) is 14.2 Å². The van der Waals surface area contributed by atoms with E-state index in [0.717, 1.165) is 23.7 Å². The molecule has 2 heterocycles. The maximum atomic E-state index is 13.8. The van der Waals surface area contributed by atoms with Crippen molar-refractivity contribution in [3.05, 3.63) is 66.1 Å². The number of nitrogens with zero attached hydrogens (tertiary/aromatic N) is 2. The van der Waals surface area contributed by atoms with Crippen LogP contribution >= 0.6 is 0 Å². The molecule has 1 N–H and O–H groups in total. The summed E-state index contributed by atoms with van der Waals surface area (Å²) in [5.74, 6) is -0.604. The third-order valence-electron chi connectivity index (χ3n) is 5.60. The van der Waals surface area contributed by atoms with Gasteiger partial charge in [-0.3, -0.25) is 4.79 Å². The molecule has 6 nitrogen and oxygen atoms in total. The molecular formula is C22H24FN3O3S. The molecule has 1 aromatic heterocycles. The lowest BCUT2D eigenvalue weighted by Gasteiger charge is -2.17. The third-order valence-corrected chi connectivity index (χ3v) is 7.50. The largest absolute Gasteiger partial charge is 0.350 e. The van der Waals surface area contributed by atoms with Crippen LogP contribution in [0.25, 0.3) is 10.9 Å². The highest BCUT2D eigenvalue weighted by Gasteiger charge is 2.27. The lowest BCUT2D eigenvalue weighted by Crippen LogP contribution is -2.30. The number of rotatable bonds is 6. The van der Waals surface area contributed by atoms with Gasteiger partial charge in [0.25, 0.3) is 0 Å². The summed E-state index contributed by atoms with van der Waals surface area (Å²) in [6.07, 6.45) is 3.54. The van der Waals surface area contributed by atoms with Crippen molar-refractivity contribution in [2.75, 3.05) is 13.1 Å². The van der Waals surface area contributed by atoms with Crippen LogP contribution in [0.15, 0.2) is 59.6 Å². The zero-order valence-electron chi connectivity index (χ0n) is 16.7. The van der Waals surface area contributed by atoms with E-state index in [0.29, 0.717) is 18.7 Å². The Balaban J connectivity index is 1.53. The number of nitrogens with one attached hydrogen (secondary N) is 1. The average molecular weight is 430 g/mol. The maximum absolute atomic E-state index is 13.8. The quantitative estimate of drug-likeness (QED) is 0.653. The molecule has 1 aliphatic rings. The standard InChI is InChI=1S/C22H24FN3O3S/c1-16(22(27)24-15-18-6-2-3-7-20(18)23)26-13-10-17-14-19(8-9-21(17)26)30(28,29)25-11-4-5-12-25/h2-3,6-10,13-14,16H,4-5,11-12,15H2,1H3,(H,24,27)/t16-/m1/s1. The molecule has 0 aliphatic carbocycles. The highest BCUT2D eigenvalue weighted by atomic mass is 32.2. The van der Waals surface area contributed by atoms with Gasteiger partial charge in [-0.05, 0) is 50.1 Å². The Morgan fingerprint density at radius 2 is 1.87 bits per heavy atom. The minimum Gasteiger partial charge on any atom is -0.350 e. The highest BCUT2D eigenvalue weighted by Crippen LogP contribution is 2.27. The molecule has 0 saturated carbocycles. The Labute approximate surface area is 175 Å². The molecule has 0 unspecified atom stereocenters. The minimum atomic E-state index is -3.49. The van der Waals surface area contributed by atoms with Crippen molar-refractivity contribution in [1.29, 1.82) is 0 Å². The van der Waals surface area contributed by atoms with Gasteiger partial charge in [0.2, 0.25) is 15.9 Å². The molecule has 30 heavy (non-hydrogen) atoms. The summed E-state index contributed by atoms with van der Waals surface area (Å²) < 4.78 is 42.7. The van der Waals surface area contributed by atoms with Gasteiger partial charge in [-0.25, -0.2) is 12.8 Å². The van der Waals surface area contributed by atoms with Gasteiger partial charge in [0, 0.05) is 42.3 Å². The number of carbonyl (C=O) groups excluding carboxylic acids is 1. The Hall–Kier alpha value is -2.71. The van der Waals surface area contributed by atoms with E-state index in [2.05, 4.69) is 5.32 Å². The molecule has 3 aromatic rings. The van der Waals surface area contributed by atoms with E-state index in [1.165, 1.54) is 10.4 Å². The lowest BCUT2D eigenvalue weighted by molar-refractivity contribution is -0.123. The van der Waals surface area contributed by atoms with Crippen LogP contribution in [0.2, 0.25) is 0 Å². The fourth-order valence-electron chi connectivity index (χ4n) is 3.82. The second-order valence-electron chi connectivity index (χ2n) is 7.54. The van der Waals surface area contributed by atoms with Gasteiger partial charge in [0.1, 0.15) is 11.9 Å². The van der Waals surface area contributed by atoms with Gasteiger partial charge >= 0.3 is 0 Å². The second kappa shape index (κ2) is 8.20. The summed E-state index contributed by atoms with van der Waals surface area (Å²) in [6, 6.07) is 12.6. The van der Waals surface area contributed by atoms with E-state index in [-0.39, 0.29) is 23.2 Å². The summed E-state index contributed by atoms with van der Waals surface area (Å²) in [5, 5.41) is 3.52. The number of sulfonamides is 1. The van der Waals surface area contributed by atoms with Crippen LogP contribution in [0.3, 0.4) is 0 Å². The van der Waals surface area contributed by atoms with Gasteiger partial charge in [-0.1, -0.05) is 18.2 Å². The first-order chi connectivity index (χ1) is 14.4. The van der Waals surface area contributed by atoms with Crippen molar-refractivity contribution in [2.45, 2.75) is 37.2 Å². The summed E-state index contributed by atoms with van der Waals surface area (Å²) in [7, 11) is -3.49. The van der Waals surface area contributed by atoms with E-state index < -0.39 is 16.1 Å². The fourth-order valence-corrected chi connectivity index (χ4v) is 5.37. The molecule has 1 aliphatic heterocycles. The van der Waals surface area contributed by atoms with Gasteiger partial charge in [-0.2, -0.15) is 4.31 Å². The monoisotopic (exact) mass is 429 g/mol. The molecule has 8 heteroatoms. The smallest absolute Gasteiger partial charge is 0.243 e. The van der Waals surface area contributed by atoms with E-state index in [4.69, 9.17) is 0 Å². The summed E-state index contributed by atoms with van der Waals surface area (Å²) in [6.45, 7) is 2.97. The Bertz CT molecular complexity index is 1180. The molecule has 1 amide bonds. The van der Waals surface area contributed by atoms with Crippen molar-refractivity contribution in [3.8, 4) is 0 Å². The molecule has 1 fully saturated rings. The zero-order valence-corrected chi connectivity index (χ0v) is 17.5. The van der Waals surface area contributed by atoms with Crippen LogP contribution in [-0.2, 0) is 21.4 Å². The first-order valence-corrected chi connectivity index (χ1v) is 11.4. The van der Waals surface area contributed by atoms with Crippen LogP contribution in [0.1, 0.15) is 31.4 Å². The van der Waals surface area contributed by atoms with Crippen LogP contribution in [-0.4, -0.2) is 36.3 Å². The maximum Gasteiger partial charge on any atom is 0.243 e. The molecule has 1 saturated heterocycles. The van der Waals surface area contributed by atoms with Crippen molar-refractivity contribution in [2.24, 2.45) is 0 Å². The van der Waals surface area contributed by atoms with Crippen LogP contribution in [0, 0.1) is 5.82 Å². The van der Waals surface area contributed by atoms with Gasteiger partial charge in [0.05, 0.1) is 4.90 Å². The van der Waals surface area contributed by atoms with Crippen molar-refractivity contribution < 1.29 is 17.6 Å². The van der Waals surface area contributed by atoms with Gasteiger partial charge < -0.3 is 9.88 Å². The number of halogens is 1. The van der Waals surface area contributed by atoms with Crippen molar-refractivity contribution in [3.63, 3.8) is 0 Å². The number of aromatic nitrogens is 1. The molecule has 0 spiro atoms. The second-order valence-corrected chi connectivity index (χ2v) is 9.48.